The zero-order chi connectivity index (χ0) is 75.3. The second-order valence-electron chi connectivity index (χ2n) is 25.9. The van der Waals surface area contributed by atoms with Gasteiger partial charge >= 0.3 is 17.9 Å². The number of aryl methyl sites for hydroxylation is 2. The van der Waals surface area contributed by atoms with E-state index in [0.717, 1.165) is 23.6 Å². The number of hydrogen-bond donors (Lipinski definition) is 17. The van der Waals surface area contributed by atoms with Crippen LogP contribution in [0.4, 0.5) is 0 Å². The highest BCUT2D eigenvalue weighted by molar-refractivity contribution is 7.99. The number of carbonyl (C=O) groups excluding carboxylic acids is 9. The summed E-state index contributed by atoms with van der Waals surface area (Å²) in [6.07, 6.45) is -1.30. The van der Waals surface area contributed by atoms with Gasteiger partial charge in [0.15, 0.2) is 0 Å². The average Bonchev–Trinajstić information content (AvgIpc) is 1.61. The summed E-state index contributed by atoms with van der Waals surface area (Å²) in [4.78, 5) is 185. The Morgan fingerprint density at radius 1 is 0.608 bits per heavy atom. The summed E-state index contributed by atoms with van der Waals surface area (Å²) < 4.78 is 0. The summed E-state index contributed by atoms with van der Waals surface area (Å²) in [5.41, 5.74) is 27.5. The van der Waals surface area contributed by atoms with Crippen LogP contribution in [0.5, 0.6) is 0 Å². The van der Waals surface area contributed by atoms with Crippen LogP contribution in [0.2, 0.25) is 0 Å². The number of aliphatic hydroxyl groups is 1. The van der Waals surface area contributed by atoms with E-state index < -0.39 is 156 Å². The Morgan fingerprint density at radius 3 is 1.66 bits per heavy atom. The Balaban J connectivity index is 1.38. The van der Waals surface area contributed by atoms with Gasteiger partial charge in [-0.2, -0.15) is 23.5 Å². The van der Waals surface area contributed by atoms with Gasteiger partial charge in [0.1, 0.15) is 42.3 Å². The van der Waals surface area contributed by atoms with E-state index in [1.165, 1.54) is 56.8 Å². The van der Waals surface area contributed by atoms with Crippen LogP contribution in [0, 0.1) is 19.8 Å². The number of allylic oxidation sites excluding steroid dienone is 4. The van der Waals surface area contributed by atoms with Crippen LogP contribution in [0.25, 0.3) is 44.4 Å². The monoisotopic (exact) mass is 1450 g/mol. The van der Waals surface area contributed by atoms with E-state index in [4.69, 9.17) is 27.2 Å². The highest BCUT2D eigenvalue weighted by Crippen LogP contribution is 2.42. The quantitative estimate of drug-likeness (QED) is 0.0453. The van der Waals surface area contributed by atoms with Gasteiger partial charge in [-0.25, -0.2) is 19.7 Å². The number of carboxylic acids is 3. The van der Waals surface area contributed by atoms with Gasteiger partial charge in [0.2, 0.25) is 53.2 Å². The van der Waals surface area contributed by atoms with E-state index in [2.05, 4.69) is 57.2 Å². The summed E-state index contributed by atoms with van der Waals surface area (Å²) in [5, 5.41) is 57.6. The lowest BCUT2D eigenvalue weighted by Gasteiger charge is -2.29. The molecule has 0 saturated heterocycles. The zero-order valence-electron chi connectivity index (χ0n) is 58.2. The topological polar surface area (TPSA) is 534 Å². The molecule has 0 fully saturated rings. The molecule has 0 saturated carbocycles. The van der Waals surface area contributed by atoms with Gasteiger partial charge in [0, 0.05) is 88.1 Å². The normalized spacial score (nSPS) is 20.0. The molecule has 2 unspecified atom stereocenters. The first-order valence-electron chi connectivity index (χ1n) is 33.2. The minimum absolute atomic E-state index is 0.0508. The molecule has 4 aromatic heterocycles. The number of nitrogens with one attached hydrogen (secondary N) is 10. The summed E-state index contributed by atoms with van der Waals surface area (Å²) >= 11 is 2.55. The minimum atomic E-state index is -1.85. The number of rotatable bonds is 25. The zero-order valence-corrected chi connectivity index (χ0v) is 59.9. The standard InChI is InChI=1S/C68H90N16O16S2/c1-28(2)59(66(97)80-42(68(99)100)14-16-54(71)87)83-67(98)60(34(8)85)84-64(95)51(19-37-24-72-27-73-37)81-65(96)52-26-102-36(10)58-32(6)46-22-50-57(35(9)101-25-40(69)62(93)74-33(7)61(92)79-41(63(94)82-52)13-15-53(70)86)31(5)45(77-50)20-43-29(3)38(11-17-55(88)89)47(75-43)23-48-39(12-18-56(90)91)30(4)44(76-48)21-49(58)78-46/h20-24,27-28,33-36,40-42,51-52,59-60,77-78,85H,11-19,25-26,69H2,1-10H3,(H2,70,86)(H2,71,87)(H,72,73)(H,74,93)(H,79,92)(H,80,97)(H,81,96)(H,82,94)(H,83,98)(H,84,95)(H,88,89)(H,90,91)(H,99,100)/t33-,34+,35?,36?,40+,41-,42-,51-,52+,59-,60-/m0/s1. The number of amides is 9. The maximum atomic E-state index is 15.3. The van der Waals surface area contributed by atoms with Crippen molar-refractivity contribution < 1.29 is 78.0 Å². The third-order valence-corrected chi connectivity index (χ3v) is 20.5. The first-order chi connectivity index (χ1) is 48.0. The Labute approximate surface area is 595 Å². The van der Waals surface area contributed by atoms with Crippen molar-refractivity contribution in [1.29, 1.82) is 0 Å². The predicted octanol–water partition coefficient (Wildman–Crippen LogP) is 2.48. The number of imidazole rings is 1. The van der Waals surface area contributed by atoms with Gasteiger partial charge in [0.05, 0.1) is 41.2 Å². The third-order valence-electron chi connectivity index (χ3n) is 17.9. The highest BCUT2D eigenvalue weighted by atomic mass is 32.2. The van der Waals surface area contributed by atoms with Crippen molar-refractivity contribution in [2.24, 2.45) is 23.1 Å². The number of aromatic amines is 3. The van der Waals surface area contributed by atoms with Crippen molar-refractivity contribution in [1.82, 2.24) is 67.1 Å². The number of thioether (sulfide) groups is 2. The van der Waals surface area contributed by atoms with Crippen molar-refractivity contribution >= 4 is 139 Å². The van der Waals surface area contributed by atoms with E-state index >= 15 is 4.79 Å². The molecular formula is C68H90N16O16S2. The fraction of sp³-hybridized carbons (Fsp3) is 0.485. The number of primary amides is 2. The number of aliphatic hydroxyl groups excluding tert-OH is 1. The lowest BCUT2D eigenvalue weighted by Crippen LogP contribution is -2.62. The number of nitrogens with zero attached hydrogens (tertiary/aromatic N) is 3. The summed E-state index contributed by atoms with van der Waals surface area (Å²) in [6, 6.07) is -4.95. The third kappa shape index (κ3) is 20.4. The molecule has 7 heterocycles. The van der Waals surface area contributed by atoms with E-state index in [1.54, 1.807) is 6.07 Å². The number of aliphatic carboxylic acids is 3. The predicted molar refractivity (Wildman–Crippen MR) is 381 cm³/mol. The number of carbonyl (C=O) groups is 12. The van der Waals surface area contributed by atoms with Crippen LogP contribution in [-0.2, 0) is 64.0 Å². The number of H-pyrrole nitrogens is 3. The number of fused-ring (bicyclic) bond motifs is 8. The van der Waals surface area contributed by atoms with Gasteiger partial charge in [0.25, 0.3) is 0 Å². The van der Waals surface area contributed by atoms with Crippen LogP contribution < -0.4 is 54.4 Å². The molecule has 102 heavy (non-hydrogen) atoms. The first-order valence-corrected chi connectivity index (χ1v) is 35.3. The van der Waals surface area contributed by atoms with E-state index in [-0.39, 0.29) is 61.0 Å². The Bertz CT molecular complexity index is 4160. The maximum Gasteiger partial charge on any atom is 0.326 e. The van der Waals surface area contributed by atoms with Crippen molar-refractivity contribution in [3.8, 4) is 0 Å². The molecule has 3 aliphatic rings. The fourth-order valence-corrected chi connectivity index (χ4v) is 14.4. The molecule has 9 bridgehead atoms. The Hall–Kier alpha value is -9.93. The van der Waals surface area contributed by atoms with Crippen LogP contribution >= 0.6 is 23.5 Å². The van der Waals surface area contributed by atoms with E-state index in [1.807, 2.05) is 59.7 Å². The van der Waals surface area contributed by atoms with Crippen molar-refractivity contribution in [3.05, 3.63) is 87.5 Å². The molecule has 0 radical (unpaired) electrons. The summed E-state index contributed by atoms with van der Waals surface area (Å²) in [7, 11) is 0. The van der Waals surface area contributed by atoms with E-state index in [0.29, 0.717) is 72.7 Å². The first kappa shape index (κ1) is 79.4. The lowest BCUT2D eigenvalue weighted by atomic mass is 9.98. The van der Waals surface area contributed by atoms with Gasteiger partial charge in [-0.15, -0.1) is 0 Å². The molecule has 11 atom stereocenters. The summed E-state index contributed by atoms with van der Waals surface area (Å²) in [5.74, 6) is -13.0. The van der Waals surface area contributed by atoms with Gasteiger partial charge < -0.3 is 89.8 Å². The average molecular weight is 1450 g/mol. The second-order valence-corrected chi connectivity index (χ2v) is 28.7. The molecule has 0 aliphatic carbocycles. The molecule has 34 heteroatoms. The molecule has 20 N–H and O–H groups in total. The Kier molecular flexibility index (Phi) is 27.3. The molecule has 0 spiro atoms. The summed E-state index contributed by atoms with van der Waals surface area (Å²) in [6.45, 7) is 16.9. The maximum absolute atomic E-state index is 15.3. The Morgan fingerprint density at radius 2 is 1.14 bits per heavy atom. The van der Waals surface area contributed by atoms with Gasteiger partial charge in [-0.3, -0.25) is 52.7 Å². The van der Waals surface area contributed by atoms with Gasteiger partial charge in [-0.1, -0.05) is 13.8 Å². The molecule has 9 amide bonds. The minimum Gasteiger partial charge on any atom is -0.481 e. The molecule has 32 nitrogen and oxygen atoms in total. The lowest BCUT2D eigenvalue weighted by molar-refractivity contribution is -0.143. The second kappa shape index (κ2) is 35.1. The van der Waals surface area contributed by atoms with Crippen LogP contribution in [0.3, 0.4) is 0 Å². The number of aromatic nitrogens is 6. The molecule has 550 valence electrons. The van der Waals surface area contributed by atoms with Crippen molar-refractivity contribution in [2.75, 3.05) is 11.5 Å². The van der Waals surface area contributed by atoms with Gasteiger partial charge in [-0.05, 0) is 156 Å². The van der Waals surface area contributed by atoms with Crippen molar-refractivity contribution in [2.45, 2.75) is 192 Å². The fourth-order valence-electron chi connectivity index (χ4n) is 12.1. The number of nitrogens with two attached hydrogens (primary N) is 3. The van der Waals surface area contributed by atoms with Crippen LogP contribution in [0.1, 0.15) is 168 Å². The molecular weight excluding hydrogens is 1360 g/mol. The SMILES string of the molecule is CC1=C(CCC(=O)O)c2cc3nc(cc4[nH]c5cc6[nH]c(cc1n2)c(C)c6C(C)SC[C@@H](N)C(=O)N[C@@H](C)C(=O)N[C@@H](CCC(N)=O)C(=O)N[C@@H](C(=O)N[C@@H](Cc1cnc[nH]1)C(=O)N[C@H](C(=O)N[C@H](C(=O)N[C@@H](CCC(N)=O)C(=O)O)C(C)C)[C@@H](C)O)CSC(C)c4c5C)C(C)=C3CCC(=O)O. The number of carboxylic acid groups (broad SMARTS) is 3. The van der Waals surface area contributed by atoms with Crippen LogP contribution in [0.15, 0.2) is 36.8 Å². The molecule has 0 aromatic carbocycles. The number of hydrogen-bond acceptors (Lipinski definition) is 19. The molecule has 7 rings (SSSR count). The highest BCUT2D eigenvalue weighted by Gasteiger charge is 2.38. The van der Waals surface area contributed by atoms with E-state index in [9.17, 15) is 73.2 Å². The molecule has 4 aromatic rings. The largest absolute Gasteiger partial charge is 0.481 e. The van der Waals surface area contributed by atoms with Crippen LogP contribution in [-0.4, -0.2) is 187 Å². The molecule has 3 aliphatic heterocycles. The van der Waals surface area contributed by atoms with Crippen molar-refractivity contribution in [3.63, 3.8) is 0 Å². The smallest absolute Gasteiger partial charge is 0.326 e.